The number of anilines is 1. The van der Waals surface area contributed by atoms with Crippen molar-refractivity contribution in [1.82, 2.24) is 10.2 Å². The van der Waals surface area contributed by atoms with Crippen molar-refractivity contribution in [3.63, 3.8) is 0 Å². The number of methoxy groups -OCH3 is 1. The van der Waals surface area contributed by atoms with Crippen molar-refractivity contribution in [2.45, 2.75) is 31.8 Å². The second-order valence-corrected chi connectivity index (χ2v) is 9.03. The Morgan fingerprint density at radius 1 is 1.06 bits per heavy atom. The Labute approximate surface area is 187 Å². The number of carbonyl (C=O) groups is 3. The predicted octanol–water partition coefficient (Wildman–Crippen LogP) is 1.91. The van der Waals surface area contributed by atoms with Crippen molar-refractivity contribution in [1.29, 1.82) is 0 Å². The van der Waals surface area contributed by atoms with E-state index in [4.69, 9.17) is 4.74 Å². The zero-order valence-corrected chi connectivity index (χ0v) is 18.5. The van der Waals surface area contributed by atoms with E-state index >= 15 is 0 Å². The van der Waals surface area contributed by atoms with Crippen LogP contribution in [0.4, 0.5) is 5.69 Å². The number of nitrogens with zero attached hydrogens (tertiary/aromatic N) is 1. The summed E-state index contributed by atoms with van der Waals surface area (Å²) in [6.45, 7) is 4.38. The number of likely N-dealkylation sites (tertiary alicyclic amines) is 1. The summed E-state index contributed by atoms with van der Waals surface area (Å²) in [4.78, 5) is 41.9. The van der Waals surface area contributed by atoms with Gasteiger partial charge in [-0.1, -0.05) is 48.0 Å². The highest BCUT2D eigenvalue weighted by Gasteiger charge is 2.70. The van der Waals surface area contributed by atoms with Gasteiger partial charge in [-0.15, -0.1) is 0 Å². The summed E-state index contributed by atoms with van der Waals surface area (Å²) in [5, 5.41) is 6.51. The van der Waals surface area contributed by atoms with Gasteiger partial charge in [0.2, 0.25) is 17.7 Å². The molecule has 7 nitrogen and oxygen atoms in total. The van der Waals surface area contributed by atoms with Gasteiger partial charge < -0.3 is 10.1 Å². The summed E-state index contributed by atoms with van der Waals surface area (Å²) in [6, 6.07) is 13.5. The SMILES string of the molecule is COCCN1C(=O)[C@@H]2[C@H](Cc3ccccc3)N[C@]3(C(=O)Nc4c(C)cc(C)cc43)[C@@H]2C1=O. The van der Waals surface area contributed by atoms with Gasteiger partial charge in [-0.25, -0.2) is 0 Å². The maximum Gasteiger partial charge on any atom is 0.250 e. The molecule has 2 aromatic carbocycles. The minimum Gasteiger partial charge on any atom is -0.383 e. The third-order valence-corrected chi connectivity index (χ3v) is 7.07. The number of imide groups is 1. The Morgan fingerprint density at radius 3 is 2.53 bits per heavy atom. The fraction of sp³-hybridized carbons (Fsp3) is 0.400. The lowest BCUT2D eigenvalue weighted by atomic mass is 9.75. The van der Waals surface area contributed by atoms with Crippen molar-refractivity contribution in [3.8, 4) is 0 Å². The first-order chi connectivity index (χ1) is 15.4. The van der Waals surface area contributed by atoms with Gasteiger partial charge in [0.15, 0.2) is 0 Å². The molecule has 0 aliphatic carbocycles. The van der Waals surface area contributed by atoms with Gasteiger partial charge in [0.05, 0.1) is 25.0 Å². The van der Waals surface area contributed by atoms with Crippen LogP contribution < -0.4 is 10.6 Å². The molecular formula is C25H27N3O4. The molecule has 2 aromatic rings. The van der Waals surface area contributed by atoms with Crippen LogP contribution in [0.5, 0.6) is 0 Å². The molecular weight excluding hydrogens is 406 g/mol. The monoisotopic (exact) mass is 433 g/mol. The van der Waals surface area contributed by atoms with E-state index in [0.717, 1.165) is 27.9 Å². The molecule has 0 bridgehead atoms. The molecule has 1 spiro atoms. The van der Waals surface area contributed by atoms with Crippen molar-refractivity contribution in [3.05, 3.63) is 64.7 Å². The molecule has 2 N–H and O–H groups in total. The molecule has 3 aliphatic heterocycles. The highest BCUT2D eigenvalue weighted by atomic mass is 16.5. The molecule has 4 atom stereocenters. The van der Waals surface area contributed by atoms with Crippen LogP contribution in [-0.4, -0.2) is 48.9 Å². The molecule has 0 saturated carbocycles. The first-order valence-electron chi connectivity index (χ1n) is 11.0. The minimum atomic E-state index is -1.26. The van der Waals surface area contributed by atoms with Gasteiger partial charge in [0.1, 0.15) is 5.54 Å². The number of hydrogen-bond donors (Lipinski definition) is 2. The first kappa shape index (κ1) is 20.8. The van der Waals surface area contributed by atoms with Crippen molar-refractivity contribution < 1.29 is 19.1 Å². The fourth-order valence-electron chi connectivity index (χ4n) is 5.76. The van der Waals surface area contributed by atoms with Crippen LogP contribution in [0.25, 0.3) is 0 Å². The molecule has 2 fully saturated rings. The lowest BCUT2D eigenvalue weighted by Crippen LogP contribution is -2.53. The van der Waals surface area contributed by atoms with E-state index in [0.29, 0.717) is 6.42 Å². The van der Waals surface area contributed by atoms with Crippen molar-refractivity contribution in [2.75, 3.05) is 25.6 Å². The number of nitrogens with one attached hydrogen (secondary N) is 2. The Bertz CT molecular complexity index is 1120. The van der Waals surface area contributed by atoms with Crippen LogP contribution >= 0.6 is 0 Å². The molecule has 166 valence electrons. The molecule has 0 aromatic heterocycles. The summed E-state index contributed by atoms with van der Waals surface area (Å²) in [5.74, 6) is -2.20. The highest BCUT2D eigenvalue weighted by Crippen LogP contribution is 2.54. The van der Waals surface area contributed by atoms with Crippen molar-refractivity contribution in [2.24, 2.45) is 11.8 Å². The lowest BCUT2D eigenvalue weighted by Gasteiger charge is -2.30. The average Bonchev–Trinajstić information content (AvgIpc) is 3.33. The van der Waals surface area contributed by atoms with E-state index < -0.39 is 17.4 Å². The molecule has 32 heavy (non-hydrogen) atoms. The van der Waals surface area contributed by atoms with Gasteiger partial charge in [-0.05, 0) is 31.4 Å². The fourth-order valence-corrected chi connectivity index (χ4v) is 5.76. The number of rotatable bonds is 5. The van der Waals surface area contributed by atoms with Gasteiger partial charge in [-0.3, -0.25) is 24.6 Å². The number of ether oxygens (including phenoxy) is 1. The summed E-state index contributed by atoms with van der Waals surface area (Å²) >= 11 is 0. The molecule has 3 heterocycles. The Hall–Kier alpha value is -3.03. The zero-order valence-electron chi connectivity index (χ0n) is 18.5. The molecule has 2 saturated heterocycles. The standard InChI is InChI=1S/C25H27N3O4/c1-14-11-15(2)21-17(12-14)25(24(31)26-21)20-19(22(29)28(23(20)30)9-10-32-3)18(27-25)13-16-7-5-4-6-8-16/h4-8,11-12,18-20,27H,9-10,13H2,1-3H3,(H,26,31)/t18-,19+,20-,25-/m0/s1. The maximum atomic E-state index is 13.6. The normalized spacial score (nSPS) is 28.4. The molecule has 3 aliphatic rings. The Kier molecular flexibility index (Phi) is 4.91. The molecule has 3 amide bonds. The van der Waals surface area contributed by atoms with Crippen molar-refractivity contribution >= 4 is 23.4 Å². The summed E-state index contributed by atoms with van der Waals surface area (Å²) in [6.07, 6.45) is 0.550. The smallest absolute Gasteiger partial charge is 0.250 e. The molecule has 7 heteroatoms. The summed E-state index contributed by atoms with van der Waals surface area (Å²) < 4.78 is 5.13. The van der Waals surface area contributed by atoms with E-state index in [1.165, 1.54) is 4.90 Å². The van der Waals surface area contributed by atoms with Gasteiger partial charge in [0.25, 0.3) is 0 Å². The van der Waals surface area contributed by atoms with Crippen LogP contribution in [-0.2, 0) is 31.1 Å². The van der Waals surface area contributed by atoms with Crippen LogP contribution in [0.2, 0.25) is 0 Å². The third-order valence-electron chi connectivity index (χ3n) is 7.07. The minimum absolute atomic E-state index is 0.191. The van der Waals surface area contributed by atoms with Gasteiger partial charge >= 0.3 is 0 Å². The van der Waals surface area contributed by atoms with E-state index in [9.17, 15) is 14.4 Å². The second kappa shape index (κ2) is 7.53. The van der Waals surface area contributed by atoms with Crippen LogP contribution in [0, 0.1) is 25.7 Å². The predicted molar refractivity (Wildman–Crippen MR) is 119 cm³/mol. The van der Waals surface area contributed by atoms with Gasteiger partial charge in [-0.2, -0.15) is 0 Å². The summed E-state index contributed by atoms with van der Waals surface area (Å²) in [7, 11) is 1.54. The van der Waals surface area contributed by atoms with Crippen LogP contribution in [0.3, 0.4) is 0 Å². The lowest BCUT2D eigenvalue weighted by molar-refractivity contribution is -0.143. The summed E-state index contributed by atoms with van der Waals surface area (Å²) in [5.41, 5.74) is 3.25. The highest BCUT2D eigenvalue weighted by molar-refractivity contribution is 6.15. The topological polar surface area (TPSA) is 87.7 Å². The number of aryl methyl sites for hydroxylation is 2. The van der Waals surface area contributed by atoms with E-state index in [-0.39, 0.29) is 36.9 Å². The van der Waals surface area contributed by atoms with Crippen LogP contribution in [0.1, 0.15) is 22.3 Å². The number of amides is 3. The molecule has 0 unspecified atom stereocenters. The van der Waals surface area contributed by atoms with Crippen LogP contribution in [0.15, 0.2) is 42.5 Å². The zero-order chi connectivity index (χ0) is 22.6. The Balaban J connectivity index is 1.64. The Morgan fingerprint density at radius 2 is 1.81 bits per heavy atom. The van der Waals surface area contributed by atoms with Gasteiger partial charge in [0, 0.05) is 24.4 Å². The first-order valence-corrected chi connectivity index (χ1v) is 11.0. The number of benzene rings is 2. The average molecular weight is 434 g/mol. The third kappa shape index (κ3) is 2.84. The second-order valence-electron chi connectivity index (χ2n) is 9.03. The number of hydrogen-bond acceptors (Lipinski definition) is 5. The molecule has 0 radical (unpaired) electrons. The van der Waals surface area contributed by atoms with E-state index in [1.807, 2.05) is 56.3 Å². The number of carbonyl (C=O) groups excluding carboxylic acids is 3. The van der Waals surface area contributed by atoms with E-state index in [2.05, 4.69) is 10.6 Å². The largest absolute Gasteiger partial charge is 0.383 e. The maximum absolute atomic E-state index is 13.6. The number of fused-ring (bicyclic) bond motifs is 4. The quantitative estimate of drug-likeness (QED) is 0.704. The van der Waals surface area contributed by atoms with E-state index in [1.54, 1.807) is 7.11 Å². The molecule has 5 rings (SSSR count).